The third kappa shape index (κ3) is 5.59. The van der Waals surface area contributed by atoms with Gasteiger partial charge in [-0.05, 0) is 59.5 Å². The highest BCUT2D eigenvalue weighted by molar-refractivity contribution is 6.08. The molecular formula is C29H32N2O2. The van der Waals surface area contributed by atoms with Crippen LogP contribution in [0, 0.1) is 6.92 Å². The molecule has 1 fully saturated rings. The van der Waals surface area contributed by atoms with Gasteiger partial charge in [0.15, 0.2) is 5.78 Å². The lowest BCUT2D eigenvalue weighted by atomic mass is 9.96. The fourth-order valence-corrected chi connectivity index (χ4v) is 4.42. The topological polar surface area (TPSA) is 43.8 Å². The smallest absolute Gasteiger partial charge is 0.189 e. The summed E-state index contributed by atoms with van der Waals surface area (Å²) in [7, 11) is 0. The number of aromatic hydroxyl groups is 1. The van der Waals surface area contributed by atoms with Crippen molar-refractivity contribution in [2.24, 2.45) is 0 Å². The average molecular weight is 441 g/mol. The summed E-state index contributed by atoms with van der Waals surface area (Å²) < 4.78 is 0. The Morgan fingerprint density at radius 2 is 1.67 bits per heavy atom. The number of piperazine rings is 1. The molecule has 0 bridgehead atoms. The van der Waals surface area contributed by atoms with Crippen molar-refractivity contribution in [3.8, 4) is 16.9 Å². The number of likely N-dealkylation sites (N-methyl/N-ethyl adjacent to an activating group) is 1. The predicted octanol–water partition coefficient (Wildman–Crippen LogP) is 5.40. The first-order valence-electron chi connectivity index (χ1n) is 11.7. The Morgan fingerprint density at radius 3 is 2.39 bits per heavy atom. The second-order valence-electron chi connectivity index (χ2n) is 8.65. The van der Waals surface area contributed by atoms with Crippen molar-refractivity contribution >= 4 is 11.9 Å². The first-order valence-corrected chi connectivity index (χ1v) is 11.7. The van der Waals surface area contributed by atoms with Gasteiger partial charge < -0.3 is 10.0 Å². The van der Waals surface area contributed by atoms with Crippen LogP contribution in [0.25, 0.3) is 17.2 Å². The Balaban J connectivity index is 1.49. The summed E-state index contributed by atoms with van der Waals surface area (Å²) >= 11 is 0. The molecule has 1 N–H and O–H groups in total. The zero-order valence-electron chi connectivity index (χ0n) is 19.5. The highest BCUT2D eigenvalue weighted by Crippen LogP contribution is 2.27. The number of hydrogen-bond donors (Lipinski definition) is 1. The van der Waals surface area contributed by atoms with Crippen molar-refractivity contribution in [1.82, 2.24) is 9.80 Å². The first kappa shape index (κ1) is 23.0. The summed E-state index contributed by atoms with van der Waals surface area (Å²) in [4.78, 5) is 17.8. The molecular weight excluding hydrogens is 408 g/mol. The van der Waals surface area contributed by atoms with E-state index in [2.05, 4.69) is 41.8 Å². The van der Waals surface area contributed by atoms with Crippen LogP contribution in [0.1, 0.15) is 34.0 Å². The van der Waals surface area contributed by atoms with E-state index in [-0.39, 0.29) is 11.5 Å². The Labute approximate surface area is 196 Å². The second kappa shape index (κ2) is 10.6. The monoisotopic (exact) mass is 440 g/mol. The largest absolute Gasteiger partial charge is 0.507 e. The van der Waals surface area contributed by atoms with Crippen LogP contribution >= 0.6 is 0 Å². The van der Waals surface area contributed by atoms with Gasteiger partial charge in [-0.2, -0.15) is 0 Å². The number of carbonyl (C=O) groups excluding carboxylic acids is 1. The van der Waals surface area contributed by atoms with Gasteiger partial charge in [0, 0.05) is 32.7 Å². The van der Waals surface area contributed by atoms with Gasteiger partial charge in [0.1, 0.15) is 5.75 Å². The number of benzene rings is 3. The number of carbonyl (C=O) groups is 1. The highest BCUT2D eigenvalue weighted by Gasteiger charge is 2.17. The third-order valence-electron chi connectivity index (χ3n) is 6.52. The van der Waals surface area contributed by atoms with Gasteiger partial charge in [-0.15, -0.1) is 0 Å². The molecule has 0 spiro atoms. The second-order valence-corrected chi connectivity index (χ2v) is 8.65. The zero-order valence-corrected chi connectivity index (χ0v) is 19.5. The van der Waals surface area contributed by atoms with E-state index in [1.165, 1.54) is 0 Å². The number of hydrogen-bond acceptors (Lipinski definition) is 4. The molecule has 4 rings (SSSR count). The van der Waals surface area contributed by atoms with Crippen LogP contribution in [0.3, 0.4) is 0 Å². The number of phenols is 1. The lowest BCUT2D eigenvalue weighted by Gasteiger charge is -2.34. The van der Waals surface area contributed by atoms with Crippen molar-refractivity contribution in [3.63, 3.8) is 0 Å². The predicted molar refractivity (Wildman–Crippen MR) is 135 cm³/mol. The van der Waals surface area contributed by atoms with E-state index in [1.807, 2.05) is 48.5 Å². The standard InChI is InChI=1S/C29H32N2O2/c1-3-30-16-18-31(19-17-30)21-23-12-14-28(32)27(20-23)29(33)15-13-24-10-7-11-26(22(24)2)25-8-5-4-6-9-25/h4-15,20,32H,3,16-19,21H2,1-2H3/b15-13+. The normalized spacial score (nSPS) is 15.2. The van der Waals surface area contributed by atoms with Crippen molar-refractivity contribution in [2.45, 2.75) is 20.4 Å². The maximum Gasteiger partial charge on any atom is 0.189 e. The molecule has 0 saturated carbocycles. The van der Waals surface area contributed by atoms with Crippen LogP contribution in [0.15, 0.2) is 72.8 Å². The van der Waals surface area contributed by atoms with Gasteiger partial charge in [-0.25, -0.2) is 0 Å². The number of nitrogens with zero attached hydrogens (tertiary/aromatic N) is 2. The van der Waals surface area contributed by atoms with Gasteiger partial charge >= 0.3 is 0 Å². The van der Waals surface area contributed by atoms with Crippen molar-refractivity contribution in [3.05, 3.63) is 95.1 Å². The van der Waals surface area contributed by atoms with Crippen LogP contribution in [0.5, 0.6) is 5.75 Å². The maximum atomic E-state index is 13.0. The zero-order chi connectivity index (χ0) is 23.2. The minimum atomic E-state index is -0.185. The molecule has 0 amide bonds. The fourth-order valence-electron chi connectivity index (χ4n) is 4.42. The van der Waals surface area contributed by atoms with E-state index in [4.69, 9.17) is 0 Å². The molecule has 3 aromatic rings. The van der Waals surface area contributed by atoms with Crippen LogP contribution in [-0.2, 0) is 6.54 Å². The summed E-state index contributed by atoms with van der Waals surface area (Å²) in [6, 6.07) is 21.7. The Kier molecular flexibility index (Phi) is 7.38. The lowest BCUT2D eigenvalue weighted by Crippen LogP contribution is -2.45. The Bertz CT molecular complexity index is 1130. The molecule has 1 saturated heterocycles. The summed E-state index contributed by atoms with van der Waals surface area (Å²) in [5.74, 6) is -0.159. The molecule has 1 aliphatic heterocycles. The SMILES string of the molecule is CCN1CCN(Cc2ccc(O)c(C(=O)/C=C/c3cccc(-c4ccccc4)c3C)c2)CC1. The summed E-state index contributed by atoms with van der Waals surface area (Å²) in [6.45, 7) is 10.3. The summed E-state index contributed by atoms with van der Waals surface area (Å²) in [5.41, 5.74) is 5.83. The van der Waals surface area contributed by atoms with Gasteiger partial charge in [0.05, 0.1) is 5.56 Å². The maximum absolute atomic E-state index is 13.0. The molecule has 3 aromatic carbocycles. The van der Waals surface area contributed by atoms with Crippen LogP contribution in [0.4, 0.5) is 0 Å². The molecule has 33 heavy (non-hydrogen) atoms. The van der Waals surface area contributed by atoms with E-state index in [1.54, 1.807) is 12.1 Å². The molecule has 0 aromatic heterocycles. The molecule has 1 heterocycles. The first-order chi connectivity index (χ1) is 16.0. The van der Waals surface area contributed by atoms with E-state index >= 15 is 0 Å². The van der Waals surface area contributed by atoms with Crippen molar-refractivity contribution in [2.75, 3.05) is 32.7 Å². The summed E-state index contributed by atoms with van der Waals surface area (Å²) in [5, 5.41) is 10.3. The van der Waals surface area contributed by atoms with Gasteiger partial charge in [0.2, 0.25) is 0 Å². The van der Waals surface area contributed by atoms with Gasteiger partial charge in [-0.3, -0.25) is 9.69 Å². The van der Waals surface area contributed by atoms with Crippen molar-refractivity contribution < 1.29 is 9.90 Å². The molecule has 4 heteroatoms. The number of rotatable bonds is 7. The van der Waals surface area contributed by atoms with E-state index in [0.29, 0.717) is 5.56 Å². The third-order valence-corrected chi connectivity index (χ3v) is 6.52. The van der Waals surface area contributed by atoms with Crippen LogP contribution < -0.4 is 0 Å². The number of phenolic OH excluding ortho intramolecular Hbond substituents is 1. The molecule has 0 radical (unpaired) electrons. The molecule has 1 aliphatic rings. The number of allylic oxidation sites excluding steroid dienone is 1. The molecule has 0 unspecified atom stereocenters. The highest BCUT2D eigenvalue weighted by atomic mass is 16.3. The fraction of sp³-hybridized carbons (Fsp3) is 0.276. The number of ketones is 1. The molecule has 4 nitrogen and oxygen atoms in total. The van der Waals surface area contributed by atoms with E-state index in [9.17, 15) is 9.90 Å². The van der Waals surface area contributed by atoms with Gasteiger partial charge in [0.25, 0.3) is 0 Å². The Morgan fingerprint density at radius 1 is 0.939 bits per heavy atom. The van der Waals surface area contributed by atoms with Crippen molar-refractivity contribution in [1.29, 1.82) is 0 Å². The molecule has 170 valence electrons. The summed E-state index contributed by atoms with van der Waals surface area (Å²) in [6.07, 6.45) is 3.41. The van der Waals surface area contributed by atoms with Crippen LogP contribution in [-0.4, -0.2) is 53.4 Å². The quantitative estimate of drug-likeness (QED) is 0.395. The average Bonchev–Trinajstić information content (AvgIpc) is 2.85. The molecule has 0 atom stereocenters. The Hall–Kier alpha value is -3.21. The van der Waals surface area contributed by atoms with Gasteiger partial charge in [-0.1, -0.05) is 67.6 Å². The van der Waals surface area contributed by atoms with Crippen LogP contribution in [0.2, 0.25) is 0 Å². The van der Waals surface area contributed by atoms with E-state index in [0.717, 1.165) is 67.1 Å². The lowest BCUT2D eigenvalue weighted by molar-refractivity contribution is 0.104. The molecule has 0 aliphatic carbocycles. The minimum Gasteiger partial charge on any atom is -0.507 e. The van der Waals surface area contributed by atoms with E-state index < -0.39 is 0 Å². The minimum absolute atomic E-state index is 0.0268.